The summed E-state index contributed by atoms with van der Waals surface area (Å²) in [6, 6.07) is 13.9. The van der Waals surface area contributed by atoms with Crippen LogP contribution in [0.15, 0.2) is 65.6 Å². The molecule has 1 aliphatic heterocycles. The van der Waals surface area contributed by atoms with Crippen molar-refractivity contribution in [3.05, 3.63) is 77.1 Å². The summed E-state index contributed by atoms with van der Waals surface area (Å²) < 4.78 is 51.8. The minimum absolute atomic E-state index is 0.0127. The van der Waals surface area contributed by atoms with Crippen molar-refractivity contribution in [2.24, 2.45) is 0 Å². The molecule has 0 unspecified atom stereocenters. The lowest BCUT2D eigenvalue weighted by Crippen LogP contribution is -2.17. The van der Waals surface area contributed by atoms with Gasteiger partial charge in [0.1, 0.15) is 19.0 Å². The van der Waals surface area contributed by atoms with Crippen molar-refractivity contribution in [1.82, 2.24) is 0 Å². The van der Waals surface area contributed by atoms with E-state index in [1.165, 1.54) is 42.5 Å². The predicted octanol–water partition coefficient (Wildman–Crippen LogP) is 4.30. The standard InChI is InChI=1S/C21H16ClFN2O5S/c22-18-11-13(23)1-7-17(18)21(26)24-14-2-4-15(5-3-14)25-31(27,28)16-6-8-19-20(12-16)30-10-9-29-19/h1-8,11-12,25H,9-10H2,(H,24,26). The van der Waals surface area contributed by atoms with Crippen LogP contribution in [-0.4, -0.2) is 27.5 Å². The molecule has 31 heavy (non-hydrogen) atoms. The van der Waals surface area contributed by atoms with E-state index < -0.39 is 21.7 Å². The number of hydrogen-bond acceptors (Lipinski definition) is 5. The van der Waals surface area contributed by atoms with Crippen molar-refractivity contribution in [2.75, 3.05) is 23.3 Å². The molecular weight excluding hydrogens is 447 g/mol. The molecule has 10 heteroatoms. The number of hydrogen-bond donors (Lipinski definition) is 2. The summed E-state index contributed by atoms with van der Waals surface area (Å²) in [6.07, 6.45) is 0. The Bertz CT molecular complexity index is 1250. The Labute approximate surface area is 182 Å². The van der Waals surface area contributed by atoms with Gasteiger partial charge in [0, 0.05) is 17.4 Å². The van der Waals surface area contributed by atoms with Crippen LogP contribution in [0.3, 0.4) is 0 Å². The third-order valence-electron chi connectivity index (χ3n) is 4.39. The van der Waals surface area contributed by atoms with Crippen LogP contribution in [0.4, 0.5) is 15.8 Å². The van der Waals surface area contributed by atoms with Crippen LogP contribution in [0.5, 0.6) is 11.5 Å². The number of sulfonamides is 1. The molecule has 0 aromatic heterocycles. The minimum Gasteiger partial charge on any atom is -0.486 e. The Morgan fingerprint density at radius 3 is 2.29 bits per heavy atom. The summed E-state index contributed by atoms with van der Waals surface area (Å²) in [6.45, 7) is 0.758. The van der Waals surface area contributed by atoms with Gasteiger partial charge in [0.25, 0.3) is 15.9 Å². The molecule has 2 N–H and O–H groups in total. The SMILES string of the molecule is O=C(Nc1ccc(NS(=O)(=O)c2ccc3c(c2)OCCO3)cc1)c1ccc(F)cc1Cl. The van der Waals surface area contributed by atoms with Crippen LogP contribution in [0, 0.1) is 5.82 Å². The number of carbonyl (C=O) groups excluding carboxylic acids is 1. The van der Waals surface area contributed by atoms with Crippen LogP contribution >= 0.6 is 11.6 Å². The first-order valence-corrected chi connectivity index (χ1v) is 11.0. The molecule has 0 saturated heterocycles. The van der Waals surface area contributed by atoms with Crippen molar-refractivity contribution >= 4 is 38.9 Å². The lowest BCUT2D eigenvalue weighted by molar-refractivity contribution is 0.102. The topological polar surface area (TPSA) is 93.7 Å². The molecule has 7 nitrogen and oxygen atoms in total. The highest BCUT2D eigenvalue weighted by Gasteiger charge is 2.19. The first kappa shape index (κ1) is 21.0. The molecule has 0 radical (unpaired) electrons. The van der Waals surface area contributed by atoms with Crippen molar-refractivity contribution in [1.29, 1.82) is 0 Å². The molecule has 0 spiro atoms. The fraction of sp³-hybridized carbons (Fsp3) is 0.0952. The van der Waals surface area contributed by atoms with Crippen molar-refractivity contribution in [3.8, 4) is 11.5 Å². The van der Waals surface area contributed by atoms with Crippen LogP contribution in [0.25, 0.3) is 0 Å². The number of benzene rings is 3. The molecule has 3 aromatic rings. The van der Waals surface area contributed by atoms with Gasteiger partial charge in [-0.2, -0.15) is 0 Å². The monoisotopic (exact) mass is 462 g/mol. The molecule has 160 valence electrons. The molecule has 0 fully saturated rings. The van der Waals surface area contributed by atoms with Gasteiger partial charge in [-0.25, -0.2) is 12.8 Å². The van der Waals surface area contributed by atoms with E-state index in [0.717, 1.165) is 12.1 Å². The minimum atomic E-state index is -3.86. The Balaban J connectivity index is 1.46. The average Bonchev–Trinajstić information content (AvgIpc) is 2.74. The van der Waals surface area contributed by atoms with Gasteiger partial charge in [-0.15, -0.1) is 0 Å². The summed E-state index contributed by atoms with van der Waals surface area (Å²) in [7, 11) is -3.86. The van der Waals surface area contributed by atoms with E-state index in [1.54, 1.807) is 6.07 Å². The molecule has 0 saturated carbocycles. The molecule has 4 rings (SSSR count). The highest BCUT2D eigenvalue weighted by atomic mass is 35.5. The first-order valence-electron chi connectivity index (χ1n) is 9.11. The van der Waals surface area contributed by atoms with E-state index in [1.807, 2.05) is 0 Å². The summed E-state index contributed by atoms with van der Waals surface area (Å²) in [5.41, 5.74) is 0.826. The molecular formula is C21H16ClFN2O5S. The van der Waals surface area contributed by atoms with E-state index in [-0.39, 0.29) is 15.5 Å². The number of carbonyl (C=O) groups is 1. The second kappa shape index (κ2) is 8.44. The van der Waals surface area contributed by atoms with Crippen LogP contribution in [-0.2, 0) is 10.0 Å². The number of nitrogens with one attached hydrogen (secondary N) is 2. The van der Waals surface area contributed by atoms with Gasteiger partial charge >= 0.3 is 0 Å². The van der Waals surface area contributed by atoms with E-state index in [9.17, 15) is 17.6 Å². The van der Waals surface area contributed by atoms with Gasteiger partial charge in [-0.3, -0.25) is 9.52 Å². The zero-order valence-electron chi connectivity index (χ0n) is 15.9. The van der Waals surface area contributed by atoms with Crippen molar-refractivity contribution in [2.45, 2.75) is 4.90 Å². The number of rotatable bonds is 5. The predicted molar refractivity (Wildman–Crippen MR) is 114 cm³/mol. The molecule has 1 heterocycles. The molecule has 3 aromatic carbocycles. The Hall–Kier alpha value is -3.30. The highest BCUT2D eigenvalue weighted by molar-refractivity contribution is 7.92. The Morgan fingerprint density at radius 2 is 1.58 bits per heavy atom. The third kappa shape index (κ3) is 4.73. The van der Waals surface area contributed by atoms with E-state index >= 15 is 0 Å². The van der Waals surface area contributed by atoms with Crippen LogP contribution < -0.4 is 19.5 Å². The van der Waals surface area contributed by atoms with Gasteiger partial charge in [0.05, 0.1) is 15.5 Å². The third-order valence-corrected chi connectivity index (χ3v) is 6.09. The zero-order valence-corrected chi connectivity index (χ0v) is 17.5. The van der Waals surface area contributed by atoms with Gasteiger partial charge < -0.3 is 14.8 Å². The number of amides is 1. The maximum absolute atomic E-state index is 13.1. The van der Waals surface area contributed by atoms with Gasteiger partial charge in [-0.1, -0.05) is 11.6 Å². The van der Waals surface area contributed by atoms with Crippen molar-refractivity contribution < 1.29 is 27.1 Å². The summed E-state index contributed by atoms with van der Waals surface area (Å²) in [5.74, 6) is -0.205. The molecule has 1 amide bonds. The van der Waals surface area contributed by atoms with E-state index in [0.29, 0.717) is 36.1 Å². The first-order chi connectivity index (χ1) is 14.8. The lowest BCUT2D eigenvalue weighted by atomic mass is 10.2. The molecule has 0 bridgehead atoms. The highest BCUT2D eigenvalue weighted by Crippen LogP contribution is 2.32. The van der Waals surface area contributed by atoms with Gasteiger partial charge in [0.2, 0.25) is 0 Å². The second-order valence-corrected chi connectivity index (χ2v) is 8.66. The van der Waals surface area contributed by atoms with Crippen molar-refractivity contribution in [3.63, 3.8) is 0 Å². The number of fused-ring (bicyclic) bond motifs is 1. The van der Waals surface area contributed by atoms with Crippen LogP contribution in [0.2, 0.25) is 5.02 Å². The largest absolute Gasteiger partial charge is 0.486 e. The molecule has 0 aliphatic carbocycles. The number of halogens is 2. The summed E-state index contributed by atoms with van der Waals surface area (Å²) in [5, 5.41) is 2.61. The van der Waals surface area contributed by atoms with Crippen LogP contribution in [0.1, 0.15) is 10.4 Å². The molecule has 1 aliphatic rings. The summed E-state index contributed by atoms with van der Waals surface area (Å²) in [4.78, 5) is 12.3. The van der Waals surface area contributed by atoms with Gasteiger partial charge in [0.15, 0.2) is 11.5 Å². The number of anilines is 2. The Kier molecular flexibility index (Phi) is 5.71. The fourth-order valence-electron chi connectivity index (χ4n) is 2.90. The molecule has 0 atom stereocenters. The smallest absolute Gasteiger partial charge is 0.262 e. The maximum Gasteiger partial charge on any atom is 0.262 e. The Morgan fingerprint density at radius 1 is 0.903 bits per heavy atom. The van der Waals surface area contributed by atoms with E-state index in [4.69, 9.17) is 21.1 Å². The second-order valence-electron chi connectivity index (χ2n) is 6.57. The number of ether oxygens (including phenoxy) is 2. The summed E-state index contributed by atoms with van der Waals surface area (Å²) >= 11 is 5.90. The lowest BCUT2D eigenvalue weighted by Gasteiger charge is -2.19. The normalized spacial score (nSPS) is 12.8. The van der Waals surface area contributed by atoms with E-state index in [2.05, 4.69) is 10.0 Å². The average molecular weight is 463 g/mol. The zero-order chi connectivity index (χ0) is 22.0. The van der Waals surface area contributed by atoms with Gasteiger partial charge in [-0.05, 0) is 54.6 Å². The maximum atomic E-state index is 13.1. The quantitative estimate of drug-likeness (QED) is 0.589. The fourth-order valence-corrected chi connectivity index (χ4v) is 4.23.